The Kier molecular flexibility index (Phi) is 6.95. The first-order valence-electron chi connectivity index (χ1n) is 9.59. The van der Waals surface area contributed by atoms with Gasteiger partial charge in [-0.15, -0.1) is 0 Å². The van der Waals surface area contributed by atoms with Crippen molar-refractivity contribution in [3.63, 3.8) is 0 Å². The molecule has 7 heteroatoms. The third-order valence-electron chi connectivity index (χ3n) is 4.76. The minimum absolute atomic E-state index is 0.00272. The number of aryl methyl sites for hydroxylation is 1. The third-order valence-corrected chi connectivity index (χ3v) is 4.76. The highest BCUT2D eigenvalue weighted by Crippen LogP contribution is 2.16. The molecule has 0 spiro atoms. The van der Waals surface area contributed by atoms with Crippen molar-refractivity contribution in [2.24, 2.45) is 0 Å². The molecule has 1 N–H and O–H groups in total. The van der Waals surface area contributed by atoms with Gasteiger partial charge in [-0.25, -0.2) is 4.98 Å². The monoisotopic (exact) mass is 373 g/mol. The number of hydrogen-bond acceptors (Lipinski definition) is 5. The summed E-state index contributed by atoms with van der Waals surface area (Å²) in [4.78, 5) is 29.8. The summed E-state index contributed by atoms with van der Waals surface area (Å²) in [6.07, 6.45) is 4.71. The average molecular weight is 373 g/mol. The number of aromatic nitrogens is 2. The number of nitrogens with zero attached hydrogens (tertiary/aromatic N) is 2. The van der Waals surface area contributed by atoms with E-state index in [1.165, 1.54) is 0 Å². The van der Waals surface area contributed by atoms with Crippen molar-refractivity contribution in [2.75, 3.05) is 33.5 Å². The lowest BCUT2D eigenvalue weighted by atomic mass is 10.1. The van der Waals surface area contributed by atoms with Gasteiger partial charge in [0.15, 0.2) is 0 Å². The predicted molar refractivity (Wildman–Crippen MR) is 103 cm³/mol. The maximum absolute atomic E-state index is 12.7. The number of amides is 1. The van der Waals surface area contributed by atoms with E-state index in [2.05, 4.69) is 10.3 Å². The van der Waals surface area contributed by atoms with E-state index in [4.69, 9.17) is 9.47 Å². The number of ether oxygens (including phenoxy) is 2. The Morgan fingerprint density at radius 3 is 2.96 bits per heavy atom. The van der Waals surface area contributed by atoms with Gasteiger partial charge < -0.3 is 14.8 Å². The fraction of sp³-hybridized carbons (Fsp3) is 0.550. The normalized spacial score (nSPS) is 14.0. The molecule has 27 heavy (non-hydrogen) atoms. The highest BCUT2D eigenvalue weighted by atomic mass is 16.5. The maximum Gasteiger partial charge on any atom is 0.261 e. The number of nitrogens with one attached hydrogen (secondary N) is 1. The Bertz CT molecular complexity index is 847. The van der Waals surface area contributed by atoms with Crippen LogP contribution in [0.5, 0.6) is 0 Å². The maximum atomic E-state index is 12.7. The second-order valence-corrected chi connectivity index (χ2v) is 6.74. The van der Waals surface area contributed by atoms with Gasteiger partial charge in [0, 0.05) is 38.8 Å². The van der Waals surface area contributed by atoms with E-state index in [-0.39, 0.29) is 11.5 Å². The minimum Gasteiger partial charge on any atom is -0.382 e. The van der Waals surface area contributed by atoms with Crippen molar-refractivity contribution in [3.05, 3.63) is 39.9 Å². The molecular formula is C20H27N3O4. The first-order valence-corrected chi connectivity index (χ1v) is 9.59. The molecule has 1 aliphatic heterocycles. The van der Waals surface area contributed by atoms with Crippen LogP contribution in [0.25, 0.3) is 10.9 Å². The molecule has 0 aliphatic carbocycles. The smallest absolute Gasteiger partial charge is 0.261 e. The Balaban J connectivity index is 1.65. The molecule has 1 aromatic carbocycles. The van der Waals surface area contributed by atoms with Crippen LogP contribution >= 0.6 is 0 Å². The number of fused-ring (bicyclic) bond motifs is 2. The van der Waals surface area contributed by atoms with Crippen LogP contribution in [-0.2, 0) is 22.4 Å². The standard InChI is InChI=1S/C20H27N3O4/c1-26-12-13-27-11-5-9-21-19(24)15-7-8-16-17(14-15)22-18-6-3-2-4-10-23(18)20(16)25/h7-8,14H,2-6,9-13H2,1H3,(H,21,24). The Morgan fingerprint density at radius 2 is 2.11 bits per heavy atom. The zero-order valence-corrected chi connectivity index (χ0v) is 15.8. The second-order valence-electron chi connectivity index (χ2n) is 6.74. The van der Waals surface area contributed by atoms with E-state index in [0.717, 1.165) is 44.5 Å². The molecule has 146 valence electrons. The van der Waals surface area contributed by atoms with Crippen molar-refractivity contribution in [1.82, 2.24) is 14.9 Å². The van der Waals surface area contributed by atoms with Gasteiger partial charge in [0.05, 0.1) is 24.1 Å². The lowest BCUT2D eigenvalue weighted by Crippen LogP contribution is -2.26. The summed E-state index contributed by atoms with van der Waals surface area (Å²) in [5.74, 6) is 0.668. The lowest BCUT2D eigenvalue weighted by molar-refractivity contribution is 0.0688. The highest BCUT2D eigenvalue weighted by molar-refractivity contribution is 5.97. The first-order chi connectivity index (χ1) is 13.2. The van der Waals surface area contributed by atoms with Gasteiger partial charge in [0.2, 0.25) is 0 Å². The molecule has 1 aromatic heterocycles. The van der Waals surface area contributed by atoms with Gasteiger partial charge in [-0.3, -0.25) is 14.2 Å². The molecule has 1 aliphatic rings. The van der Waals surface area contributed by atoms with Crippen molar-refractivity contribution in [3.8, 4) is 0 Å². The van der Waals surface area contributed by atoms with Gasteiger partial charge in [-0.2, -0.15) is 0 Å². The van der Waals surface area contributed by atoms with Crippen LogP contribution in [0.1, 0.15) is 41.9 Å². The van der Waals surface area contributed by atoms with Gasteiger partial charge >= 0.3 is 0 Å². The predicted octanol–water partition coefficient (Wildman–Crippen LogP) is 1.91. The van der Waals surface area contributed by atoms with Gasteiger partial charge in [-0.05, 0) is 37.5 Å². The van der Waals surface area contributed by atoms with Crippen LogP contribution in [0, 0.1) is 0 Å². The van der Waals surface area contributed by atoms with Crippen molar-refractivity contribution >= 4 is 16.8 Å². The van der Waals surface area contributed by atoms with Crippen LogP contribution in [0.2, 0.25) is 0 Å². The summed E-state index contributed by atoms with van der Waals surface area (Å²) in [5, 5.41) is 3.45. The van der Waals surface area contributed by atoms with E-state index in [0.29, 0.717) is 42.8 Å². The molecule has 0 fully saturated rings. The fourth-order valence-electron chi connectivity index (χ4n) is 3.28. The van der Waals surface area contributed by atoms with E-state index in [9.17, 15) is 9.59 Å². The van der Waals surface area contributed by atoms with Crippen molar-refractivity contribution in [1.29, 1.82) is 0 Å². The van der Waals surface area contributed by atoms with Crippen LogP contribution in [0.3, 0.4) is 0 Å². The molecule has 0 atom stereocenters. The van der Waals surface area contributed by atoms with E-state index in [1.807, 2.05) is 0 Å². The van der Waals surface area contributed by atoms with E-state index in [1.54, 1.807) is 29.9 Å². The second kappa shape index (κ2) is 9.62. The molecule has 0 saturated carbocycles. The molecule has 0 bridgehead atoms. The van der Waals surface area contributed by atoms with E-state index < -0.39 is 0 Å². The number of carbonyl (C=O) groups is 1. The topological polar surface area (TPSA) is 82.5 Å². The van der Waals surface area contributed by atoms with Crippen molar-refractivity contribution < 1.29 is 14.3 Å². The molecule has 0 radical (unpaired) electrons. The minimum atomic E-state index is -0.161. The van der Waals surface area contributed by atoms with Crippen LogP contribution in [-0.4, -0.2) is 48.9 Å². The number of carbonyl (C=O) groups excluding carboxylic acids is 1. The van der Waals surface area contributed by atoms with Gasteiger partial charge in [0.1, 0.15) is 5.82 Å². The molecule has 3 rings (SSSR count). The summed E-state index contributed by atoms with van der Waals surface area (Å²) in [5.41, 5.74) is 1.12. The summed E-state index contributed by atoms with van der Waals surface area (Å²) in [7, 11) is 1.63. The first kappa shape index (κ1) is 19.5. The Hall–Kier alpha value is -2.25. The van der Waals surface area contributed by atoms with Crippen LogP contribution in [0.15, 0.2) is 23.0 Å². The molecule has 2 aromatic rings. The average Bonchev–Trinajstić information content (AvgIpc) is 2.92. The Labute approximate surface area is 158 Å². The molecule has 0 unspecified atom stereocenters. The molecule has 7 nitrogen and oxygen atoms in total. The van der Waals surface area contributed by atoms with Gasteiger partial charge in [0.25, 0.3) is 11.5 Å². The SMILES string of the molecule is COCCOCCCNC(=O)c1ccc2c(=O)n3c(nc2c1)CCCCC3. The number of methoxy groups -OCH3 is 1. The molecule has 2 heterocycles. The summed E-state index contributed by atoms with van der Waals surface area (Å²) in [6.45, 7) is 2.96. The molecular weight excluding hydrogens is 346 g/mol. The fourth-order valence-corrected chi connectivity index (χ4v) is 3.28. The molecule has 0 saturated heterocycles. The molecule has 1 amide bonds. The number of rotatable bonds is 8. The van der Waals surface area contributed by atoms with Gasteiger partial charge in [-0.1, -0.05) is 6.42 Å². The highest BCUT2D eigenvalue weighted by Gasteiger charge is 2.15. The van der Waals surface area contributed by atoms with Crippen molar-refractivity contribution in [2.45, 2.75) is 38.6 Å². The summed E-state index contributed by atoms with van der Waals surface area (Å²) < 4.78 is 12.1. The number of benzene rings is 1. The zero-order chi connectivity index (χ0) is 19.1. The quantitative estimate of drug-likeness (QED) is 0.715. The van der Waals surface area contributed by atoms with E-state index >= 15 is 0 Å². The van der Waals surface area contributed by atoms with Crippen LogP contribution < -0.4 is 10.9 Å². The zero-order valence-electron chi connectivity index (χ0n) is 15.8. The van der Waals surface area contributed by atoms with Crippen LogP contribution in [0.4, 0.5) is 0 Å². The third kappa shape index (κ3) is 4.93. The largest absolute Gasteiger partial charge is 0.382 e. The lowest BCUT2D eigenvalue weighted by Gasteiger charge is -2.11. The number of hydrogen-bond donors (Lipinski definition) is 1. The Morgan fingerprint density at radius 1 is 1.22 bits per heavy atom. The summed E-state index contributed by atoms with van der Waals surface area (Å²) in [6, 6.07) is 5.12. The summed E-state index contributed by atoms with van der Waals surface area (Å²) >= 11 is 0.